The van der Waals surface area contributed by atoms with Gasteiger partial charge in [0.15, 0.2) is 11.5 Å². The maximum Gasteiger partial charge on any atom is 0.255 e. The molecule has 33 heavy (non-hydrogen) atoms. The fourth-order valence-corrected chi connectivity index (χ4v) is 3.37. The monoisotopic (exact) mass is 471 g/mol. The smallest absolute Gasteiger partial charge is 0.255 e. The molecule has 0 unspecified atom stereocenters. The van der Waals surface area contributed by atoms with Crippen molar-refractivity contribution in [3.05, 3.63) is 64.9 Å². The SMILES string of the molecule is COc1ccc(-c2nnc3ccc(OCCNC(=O)c4c(F)cccc4Cl)nn23)c(OC)c1. The average molecular weight is 472 g/mol. The number of carbonyl (C=O) groups excluding carboxylic acids is 1. The molecule has 2 heterocycles. The van der Waals surface area contributed by atoms with E-state index >= 15 is 0 Å². The summed E-state index contributed by atoms with van der Waals surface area (Å²) in [6, 6.07) is 12.7. The Labute approximate surface area is 193 Å². The molecule has 0 bridgehead atoms. The molecule has 0 fully saturated rings. The average Bonchev–Trinajstić information content (AvgIpc) is 3.24. The largest absolute Gasteiger partial charge is 0.497 e. The third-order valence-corrected chi connectivity index (χ3v) is 5.03. The number of fused-ring (bicyclic) bond motifs is 1. The first-order chi connectivity index (χ1) is 16.0. The molecule has 1 N–H and O–H groups in total. The van der Waals surface area contributed by atoms with Gasteiger partial charge in [-0.3, -0.25) is 4.79 Å². The molecule has 0 atom stereocenters. The number of hydrogen-bond donors (Lipinski definition) is 1. The predicted octanol–water partition coefficient (Wildman–Crippen LogP) is 3.41. The van der Waals surface area contributed by atoms with E-state index in [2.05, 4.69) is 20.6 Å². The Morgan fingerprint density at radius 3 is 2.73 bits per heavy atom. The summed E-state index contributed by atoms with van der Waals surface area (Å²) >= 11 is 5.91. The van der Waals surface area contributed by atoms with Gasteiger partial charge in [0.05, 0.1) is 36.9 Å². The topological polar surface area (TPSA) is 99.9 Å². The lowest BCUT2D eigenvalue weighted by Crippen LogP contribution is -2.29. The van der Waals surface area contributed by atoms with Gasteiger partial charge in [0.1, 0.15) is 23.9 Å². The van der Waals surface area contributed by atoms with Gasteiger partial charge in [0, 0.05) is 12.1 Å². The van der Waals surface area contributed by atoms with Crippen LogP contribution < -0.4 is 19.5 Å². The van der Waals surface area contributed by atoms with E-state index in [9.17, 15) is 9.18 Å². The minimum atomic E-state index is -0.692. The molecule has 0 radical (unpaired) electrons. The number of carbonyl (C=O) groups is 1. The Bertz CT molecular complexity index is 1290. The van der Waals surface area contributed by atoms with Crippen LogP contribution in [0.3, 0.4) is 0 Å². The molecule has 4 aromatic rings. The van der Waals surface area contributed by atoms with Crippen LogP contribution in [0, 0.1) is 5.82 Å². The zero-order chi connectivity index (χ0) is 23.4. The van der Waals surface area contributed by atoms with Gasteiger partial charge in [0.2, 0.25) is 5.88 Å². The van der Waals surface area contributed by atoms with Gasteiger partial charge in [-0.2, -0.15) is 4.52 Å². The van der Waals surface area contributed by atoms with Gasteiger partial charge in [-0.25, -0.2) is 4.39 Å². The first kappa shape index (κ1) is 22.3. The highest BCUT2D eigenvalue weighted by atomic mass is 35.5. The third-order valence-electron chi connectivity index (χ3n) is 4.72. The third kappa shape index (κ3) is 4.65. The first-order valence-corrected chi connectivity index (χ1v) is 10.2. The standard InChI is InChI=1S/C22H19ClFN5O4/c1-31-13-6-7-14(17(12-13)32-2)21-27-26-18-8-9-19(28-29(18)21)33-11-10-25-22(30)20-15(23)4-3-5-16(20)24/h3-9,12H,10-11H2,1-2H3,(H,25,30). The summed E-state index contributed by atoms with van der Waals surface area (Å²) in [4.78, 5) is 12.2. The molecular formula is C22H19ClFN5O4. The number of halogens is 2. The molecule has 9 nitrogen and oxygen atoms in total. The molecule has 0 aliphatic carbocycles. The lowest BCUT2D eigenvalue weighted by molar-refractivity contribution is 0.0942. The first-order valence-electron chi connectivity index (χ1n) is 9.81. The van der Waals surface area contributed by atoms with E-state index in [4.69, 9.17) is 25.8 Å². The van der Waals surface area contributed by atoms with E-state index < -0.39 is 11.7 Å². The van der Waals surface area contributed by atoms with Crippen molar-refractivity contribution in [2.45, 2.75) is 0 Å². The van der Waals surface area contributed by atoms with Crippen LogP contribution in [-0.4, -0.2) is 53.1 Å². The van der Waals surface area contributed by atoms with Crippen molar-refractivity contribution in [1.82, 2.24) is 25.1 Å². The normalized spacial score (nSPS) is 10.8. The molecule has 0 saturated carbocycles. The predicted molar refractivity (Wildman–Crippen MR) is 119 cm³/mol. The number of ether oxygens (including phenoxy) is 3. The van der Waals surface area contributed by atoms with Crippen molar-refractivity contribution >= 4 is 23.2 Å². The second-order valence-electron chi connectivity index (χ2n) is 6.73. The van der Waals surface area contributed by atoms with Crippen molar-refractivity contribution in [1.29, 1.82) is 0 Å². The number of hydrogen-bond acceptors (Lipinski definition) is 7. The lowest BCUT2D eigenvalue weighted by Gasteiger charge is -2.10. The van der Waals surface area contributed by atoms with Crippen molar-refractivity contribution < 1.29 is 23.4 Å². The summed E-state index contributed by atoms with van der Waals surface area (Å²) in [5.74, 6) is 0.609. The fourth-order valence-electron chi connectivity index (χ4n) is 3.12. The highest BCUT2D eigenvalue weighted by molar-refractivity contribution is 6.33. The summed E-state index contributed by atoms with van der Waals surface area (Å²) in [5, 5.41) is 15.4. The molecule has 1 amide bonds. The van der Waals surface area contributed by atoms with Gasteiger partial charge >= 0.3 is 0 Å². The van der Waals surface area contributed by atoms with Gasteiger partial charge < -0.3 is 19.5 Å². The summed E-state index contributed by atoms with van der Waals surface area (Å²) in [5.41, 5.74) is 0.975. The van der Waals surface area contributed by atoms with Crippen LogP contribution in [0.4, 0.5) is 4.39 Å². The van der Waals surface area contributed by atoms with Crippen LogP contribution in [0.2, 0.25) is 5.02 Å². The zero-order valence-electron chi connectivity index (χ0n) is 17.7. The molecule has 0 spiro atoms. The Hall–Kier alpha value is -3.92. The van der Waals surface area contributed by atoms with Crippen molar-refractivity contribution in [3.8, 4) is 28.8 Å². The van der Waals surface area contributed by atoms with Crippen LogP contribution in [0.1, 0.15) is 10.4 Å². The fraction of sp³-hybridized carbons (Fsp3) is 0.182. The Kier molecular flexibility index (Phi) is 6.55. The van der Waals surface area contributed by atoms with Gasteiger partial charge in [-0.1, -0.05) is 17.7 Å². The number of amides is 1. The second kappa shape index (κ2) is 9.70. The van der Waals surface area contributed by atoms with Gasteiger partial charge in [-0.05, 0) is 30.3 Å². The van der Waals surface area contributed by atoms with Gasteiger partial charge in [0.25, 0.3) is 5.91 Å². The van der Waals surface area contributed by atoms with E-state index in [0.717, 1.165) is 0 Å². The molecular weight excluding hydrogens is 453 g/mol. The highest BCUT2D eigenvalue weighted by Gasteiger charge is 2.17. The maximum absolute atomic E-state index is 13.8. The van der Waals surface area contributed by atoms with E-state index in [-0.39, 0.29) is 29.6 Å². The summed E-state index contributed by atoms with van der Waals surface area (Å²) < 4.78 is 31.7. The van der Waals surface area contributed by atoms with Crippen LogP contribution in [0.5, 0.6) is 17.4 Å². The quantitative estimate of drug-likeness (QED) is 0.393. The van der Waals surface area contributed by atoms with Crippen LogP contribution in [-0.2, 0) is 0 Å². The number of aromatic nitrogens is 4. The molecule has 0 saturated heterocycles. The number of benzene rings is 2. The summed E-state index contributed by atoms with van der Waals surface area (Å²) in [7, 11) is 3.12. The van der Waals surface area contributed by atoms with Crippen molar-refractivity contribution in [2.75, 3.05) is 27.4 Å². The van der Waals surface area contributed by atoms with Crippen LogP contribution in [0.15, 0.2) is 48.5 Å². The molecule has 0 aliphatic rings. The minimum Gasteiger partial charge on any atom is -0.497 e. The zero-order valence-corrected chi connectivity index (χ0v) is 18.5. The maximum atomic E-state index is 13.8. The molecule has 11 heteroatoms. The van der Waals surface area contributed by atoms with E-state index in [1.165, 1.54) is 22.7 Å². The minimum absolute atomic E-state index is 0.0367. The molecule has 2 aromatic heterocycles. The van der Waals surface area contributed by atoms with Crippen LogP contribution >= 0.6 is 11.6 Å². The molecule has 0 aliphatic heterocycles. The summed E-state index contributed by atoms with van der Waals surface area (Å²) in [6.07, 6.45) is 0. The van der Waals surface area contributed by atoms with Crippen LogP contribution in [0.25, 0.3) is 17.0 Å². The van der Waals surface area contributed by atoms with Crippen molar-refractivity contribution in [2.24, 2.45) is 0 Å². The number of methoxy groups -OCH3 is 2. The Morgan fingerprint density at radius 2 is 1.97 bits per heavy atom. The second-order valence-corrected chi connectivity index (χ2v) is 7.14. The molecule has 4 rings (SSSR count). The summed E-state index contributed by atoms with van der Waals surface area (Å²) in [6.45, 7) is 0.212. The number of rotatable bonds is 8. The number of nitrogens with zero attached hydrogens (tertiary/aromatic N) is 4. The van der Waals surface area contributed by atoms with Gasteiger partial charge in [-0.15, -0.1) is 15.3 Å². The van der Waals surface area contributed by atoms with E-state index in [1.54, 1.807) is 44.6 Å². The van der Waals surface area contributed by atoms with E-state index in [1.807, 2.05) is 0 Å². The number of nitrogens with one attached hydrogen (secondary N) is 1. The Balaban J connectivity index is 1.46. The Morgan fingerprint density at radius 1 is 1.12 bits per heavy atom. The lowest BCUT2D eigenvalue weighted by atomic mass is 10.2. The molecule has 2 aromatic carbocycles. The highest BCUT2D eigenvalue weighted by Crippen LogP contribution is 2.32. The van der Waals surface area contributed by atoms with E-state index in [0.29, 0.717) is 28.5 Å². The van der Waals surface area contributed by atoms with Crippen molar-refractivity contribution in [3.63, 3.8) is 0 Å². The molecule has 170 valence electrons.